The highest BCUT2D eigenvalue weighted by Gasteiger charge is 2.18. The zero-order valence-corrected chi connectivity index (χ0v) is 15.6. The lowest BCUT2D eigenvalue weighted by molar-refractivity contribution is -0.114. The quantitative estimate of drug-likeness (QED) is 0.447. The molecule has 0 saturated heterocycles. The average molecular weight is 389 g/mol. The first kappa shape index (κ1) is 18.0. The number of anilines is 1. The Morgan fingerprint density at radius 3 is 2.64 bits per heavy atom. The van der Waals surface area contributed by atoms with Gasteiger partial charge in [-0.15, -0.1) is 0 Å². The molecule has 0 aliphatic rings. The molecule has 4 aromatic rings. The van der Waals surface area contributed by atoms with Crippen LogP contribution in [0.15, 0.2) is 79.1 Å². The maximum atomic E-state index is 13.5. The first-order valence-corrected chi connectivity index (χ1v) is 9.50. The van der Waals surface area contributed by atoms with Gasteiger partial charge in [-0.25, -0.2) is 9.37 Å². The third-order valence-electron chi connectivity index (χ3n) is 4.14. The highest BCUT2D eigenvalue weighted by molar-refractivity contribution is 7.22. The first-order chi connectivity index (χ1) is 13.7. The van der Waals surface area contributed by atoms with Crippen molar-refractivity contribution in [1.29, 1.82) is 0 Å². The third-order valence-corrected chi connectivity index (χ3v) is 5.19. The van der Waals surface area contributed by atoms with Gasteiger partial charge in [0.2, 0.25) is 0 Å². The molecule has 0 saturated carbocycles. The summed E-state index contributed by atoms with van der Waals surface area (Å²) < 4.78 is 14.2. The Morgan fingerprint density at radius 2 is 1.86 bits per heavy atom. The molecule has 2 aromatic heterocycles. The maximum Gasteiger partial charge on any atom is 0.253 e. The van der Waals surface area contributed by atoms with Gasteiger partial charge in [0.05, 0.1) is 16.8 Å². The molecule has 138 valence electrons. The Labute approximate surface area is 165 Å². The fourth-order valence-electron chi connectivity index (χ4n) is 2.73. The van der Waals surface area contributed by atoms with Gasteiger partial charge in [0.1, 0.15) is 5.82 Å². The van der Waals surface area contributed by atoms with Gasteiger partial charge in [-0.3, -0.25) is 14.7 Å². The van der Waals surface area contributed by atoms with Crippen molar-refractivity contribution in [3.8, 4) is 0 Å². The van der Waals surface area contributed by atoms with Crippen LogP contribution >= 0.6 is 11.3 Å². The van der Waals surface area contributed by atoms with Gasteiger partial charge in [0.25, 0.3) is 5.91 Å². The van der Waals surface area contributed by atoms with E-state index in [-0.39, 0.29) is 11.7 Å². The van der Waals surface area contributed by atoms with Crippen molar-refractivity contribution in [3.63, 3.8) is 0 Å². The molecule has 0 N–H and O–H groups in total. The van der Waals surface area contributed by atoms with Gasteiger partial charge in [-0.05, 0) is 47.5 Å². The fourth-order valence-corrected chi connectivity index (χ4v) is 3.73. The van der Waals surface area contributed by atoms with Crippen molar-refractivity contribution in [2.45, 2.75) is 6.54 Å². The Bertz CT molecular complexity index is 1130. The van der Waals surface area contributed by atoms with Crippen LogP contribution in [0.3, 0.4) is 0 Å². The van der Waals surface area contributed by atoms with Crippen LogP contribution in [0.5, 0.6) is 0 Å². The van der Waals surface area contributed by atoms with Crippen LogP contribution < -0.4 is 4.90 Å². The van der Waals surface area contributed by atoms with Crippen LogP contribution in [0.25, 0.3) is 16.3 Å². The lowest BCUT2D eigenvalue weighted by Gasteiger charge is -2.18. The molecule has 0 bridgehead atoms. The topological polar surface area (TPSA) is 46.1 Å². The summed E-state index contributed by atoms with van der Waals surface area (Å²) in [6.45, 7) is 0.350. The van der Waals surface area contributed by atoms with Crippen molar-refractivity contribution in [2.24, 2.45) is 0 Å². The minimum atomic E-state index is -0.321. The number of halogens is 1. The molecule has 4 rings (SSSR count). The Morgan fingerprint density at radius 1 is 1.07 bits per heavy atom. The fraction of sp³-hybridized carbons (Fsp3) is 0.0455. The molecule has 1 amide bonds. The summed E-state index contributed by atoms with van der Waals surface area (Å²) in [6, 6.07) is 17.8. The van der Waals surface area contributed by atoms with Crippen LogP contribution in [0.4, 0.5) is 9.52 Å². The number of rotatable bonds is 5. The van der Waals surface area contributed by atoms with Gasteiger partial charge < -0.3 is 0 Å². The standard InChI is InChI=1S/C22H16FN3OS/c23-18-7-8-19-20(14-18)28-22(25-19)26(15-17-10-12-24-13-11-17)21(27)9-6-16-4-2-1-3-5-16/h1-14H,15H2. The van der Waals surface area contributed by atoms with Crippen LogP contribution in [0.2, 0.25) is 0 Å². The predicted molar refractivity (Wildman–Crippen MR) is 110 cm³/mol. The summed E-state index contributed by atoms with van der Waals surface area (Å²) in [5, 5.41) is 0.528. The van der Waals surface area contributed by atoms with Gasteiger partial charge in [0, 0.05) is 18.5 Å². The maximum absolute atomic E-state index is 13.5. The second kappa shape index (κ2) is 8.10. The van der Waals surface area contributed by atoms with Crippen molar-refractivity contribution in [2.75, 3.05) is 4.90 Å². The zero-order chi connectivity index (χ0) is 19.3. The van der Waals surface area contributed by atoms with Crippen LogP contribution in [0, 0.1) is 5.82 Å². The molecule has 0 radical (unpaired) electrons. The van der Waals surface area contributed by atoms with E-state index < -0.39 is 0 Å². The summed E-state index contributed by atoms with van der Waals surface area (Å²) >= 11 is 1.29. The average Bonchev–Trinajstić information content (AvgIpc) is 3.14. The Kier molecular flexibility index (Phi) is 5.21. The molecule has 0 spiro atoms. The number of benzene rings is 2. The molecule has 0 aliphatic carbocycles. The molecule has 4 nitrogen and oxygen atoms in total. The number of aromatic nitrogens is 2. The van der Waals surface area contributed by atoms with Crippen LogP contribution in [-0.2, 0) is 11.3 Å². The summed E-state index contributed by atoms with van der Waals surface area (Å²) in [5.74, 6) is -0.515. The summed E-state index contributed by atoms with van der Waals surface area (Å²) in [5.41, 5.74) is 2.54. The monoisotopic (exact) mass is 389 g/mol. The Hall–Kier alpha value is -3.38. The highest BCUT2D eigenvalue weighted by atomic mass is 32.1. The minimum absolute atomic E-state index is 0.194. The molecule has 0 atom stereocenters. The smallest absolute Gasteiger partial charge is 0.253 e. The zero-order valence-electron chi connectivity index (χ0n) is 14.8. The van der Waals surface area contributed by atoms with Gasteiger partial charge in [-0.1, -0.05) is 41.7 Å². The summed E-state index contributed by atoms with van der Waals surface area (Å²) in [7, 11) is 0. The largest absolute Gasteiger partial charge is 0.280 e. The molecular weight excluding hydrogens is 373 g/mol. The molecule has 2 heterocycles. The highest BCUT2D eigenvalue weighted by Crippen LogP contribution is 2.30. The number of fused-ring (bicyclic) bond motifs is 1. The number of nitrogens with zero attached hydrogens (tertiary/aromatic N) is 3. The molecule has 0 unspecified atom stereocenters. The molecule has 0 aliphatic heterocycles. The number of pyridine rings is 1. The molecule has 0 fully saturated rings. The van der Waals surface area contributed by atoms with Crippen LogP contribution in [-0.4, -0.2) is 15.9 Å². The van der Waals surface area contributed by atoms with E-state index in [4.69, 9.17) is 0 Å². The van der Waals surface area contributed by atoms with Gasteiger partial charge in [0.15, 0.2) is 5.13 Å². The number of hydrogen-bond acceptors (Lipinski definition) is 4. The number of thiazole rings is 1. The van der Waals surface area contributed by atoms with Gasteiger partial charge >= 0.3 is 0 Å². The summed E-state index contributed by atoms with van der Waals surface area (Å²) in [4.78, 5) is 23.1. The lowest BCUT2D eigenvalue weighted by atomic mass is 10.2. The second-order valence-corrected chi connectivity index (χ2v) is 7.14. The molecule has 28 heavy (non-hydrogen) atoms. The normalized spacial score (nSPS) is 11.2. The van der Waals surface area contributed by atoms with Crippen molar-refractivity contribution in [3.05, 3.63) is 96.1 Å². The van der Waals surface area contributed by atoms with E-state index in [9.17, 15) is 9.18 Å². The SMILES string of the molecule is O=C(C=Cc1ccccc1)N(Cc1ccncc1)c1nc2ccc(F)cc2s1. The minimum Gasteiger partial charge on any atom is -0.280 e. The Balaban J connectivity index is 1.68. The van der Waals surface area contributed by atoms with Crippen molar-refractivity contribution < 1.29 is 9.18 Å². The van der Waals surface area contributed by atoms with Crippen LogP contribution in [0.1, 0.15) is 11.1 Å². The number of carbonyl (C=O) groups is 1. The van der Waals surface area contributed by atoms with E-state index in [1.54, 1.807) is 29.4 Å². The van der Waals surface area contributed by atoms with E-state index >= 15 is 0 Å². The lowest BCUT2D eigenvalue weighted by Crippen LogP contribution is -2.28. The number of carbonyl (C=O) groups excluding carboxylic acids is 1. The van der Waals surface area contributed by atoms with E-state index in [0.29, 0.717) is 21.9 Å². The summed E-state index contributed by atoms with van der Waals surface area (Å²) in [6.07, 6.45) is 6.68. The third kappa shape index (κ3) is 4.13. The van der Waals surface area contributed by atoms with E-state index in [0.717, 1.165) is 11.1 Å². The number of amides is 1. The van der Waals surface area contributed by atoms with Gasteiger partial charge in [-0.2, -0.15) is 0 Å². The van der Waals surface area contributed by atoms with E-state index in [1.807, 2.05) is 42.5 Å². The van der Waals surface area contributed by atoms with Crippen molar-refractivity contribution in [1.82, 2.24) is 9.97 Å². The van der Waals surface area contributed by atoms with E-state index in [1.165, 1.54) is 29.5 Å². The number of hydrogen-bond donors (Lipinski definition) is 0. The molecular formula is C22H16FN3OS. The molecule has 6 heteroatoms. The second-order valence-electron chi connectivity index (χ2n) is 6.13. The van der Waals surface area contributed by atoms with E-state index in [2.05, 4.69) is 9.97 Å². The first-order valence-electron chi connectivity index (χ1n) is 8.69. The molecule has 2 aromatic carbocycles. The predicted octanol–water partition coefficient (Wildman–Crippen LogP) is 5.08. The van der Waals surface area contributed by atoms with Crippen molar-refractivity contribution >= 4 is 38.7 Å².